The topological polar surface area (TPSA) is 42.1 Å². The molecule has 4 heteroatoms. The monoisotopic (exact) mass is 347 g/mol. The molecule has 140 valence electrons. The molecule has 0 N–H and O–H groups in total. The fraction of sp³-hybridized carbons (Fsp3) is 0.952. The molecular weight excluding hydrogens is 314 g/mol. The highest BCUT2D eigenvalue weighted by Gasteiger charge is 2.78. The predicted octanol–water partition coefficient (Wildman–Crippen LogP) is 3.24. The highest BCUT2D eigenvalue weighted by molar-refractivity contribution is 5.76. The van der Waals surface area contributed by atoms with E-state index in [4.69, 9.17) is 9.47 Å². The van der Waals surface area contributed by atoms with Crippen LogP contribution in [0.3, 0.4) is 0 Å². The smallest absolute Gasteiger partial charge is 0.311 e. The van der Waals surface area contributed by atoms with Crippen LogP contribution in [0, 0.1) is 29.1 Å². The van der Waals surface area contributed by atoms with Crippen molar-refractivity contribution in [3.63, 3.8) is 0 Å². The largest absolute Gasteiger partial charge is 0.462 e. The maximum absolute atomic E-state index is 12.7. The van der Waals surface area contributed by atoms with Crippen LogP contribution in [-0.4, -0.2) is 48.3 Å². The molecule has 4 nitrogen and oxygen atoms in total. The molecule has 0 aromatic carbocycles. The minimum Gasteiger partial charge on any atom is -0.462 e. The van der Waals surface area contributed by atoms with E-state index in [2.05, 4.69) is 25.7 Å². The van der Waals surface area contributed by atoms with E-state index in [0.29, 0.717) is 11.8 Å². The molecule has 7 atom stereocenters. The molecule has 2 saturated carbocycles. The van der Waals surface area contributed by atoms with Gasteiger partial charge in [-0.2, -0.15) is 0 Å². The summed E-state index contributed by atoms with van der Waals surface area (Å²) in [4.78, 5) is 15.2. The fourth-order valence-corrected chi connectivity index (χ4v) is 6.97. The highest BCUT2D eigenvalue weighted by Crippen LogP contribution is 2.70. The number of epoxide rings is 1. The summed E-state index contributed by atoms with van der Waals surface area (Å²) in [6, 6.07) is 0. The van der Waals surface area contributed by atoms with Crippen LogP contribution in [0.4, 0.5) is 0 Å². The number of hydrogen-bond donors (Lipinski definition) is 0. The predicted molar refractivity (Wildman–Crippen MR) is 95.0 cm³/mol. The van der Waals surface area contributed by atoms with Crippen LogP contribution in [0.1, 0.15) is 59.3 Å². The van der Waals surface area contributed by atoms with Gasteiger partial charge < -0.3 is 14.4 Å². The zero-order valence-corrected chi connectivity index (χ0v) is 16.0. The molecule has 0 aromatic rings. The van der Waals surface area contributed by atoms with E-state index in [1.54, 1.807) is 0 Å². The maximum Gasteiger partial charge on any atom is 0.311 e. The average Bonchev–Trinajstić information content (AvgIpc) is 3.25. The number of nitrogens with zero attached hydrogens (tertiary/aromatic N) is 1. The van der Waals surface area contributed by atoms with E-state index in [1.165, 1.54) is 32.1 Å². The molecule has 5 rings (SSSR count). The fourth-order valence-electron chi connectivity index (χ4n) is 6.97. The number of hydrogen-bond acceptors (Lipinski definition) is 4. The van der Waals surface area contributed by atoms with Gasteiger partial charge in [0.2, 0.25) is 0 Å². The molecule has 0 radical (unpaired) electrons. The summed E-state index contributed by atoms with van der Waals surface area (Å²) in [6.45, 7) is 10.3. The molecule has 3 aliphatic heterocycles. The van der Waals surface area contributed by atoms with Gasteiger partial charge in [-0.3, -0.25) is 4.79 Å². The van der Waals surface area contributed by atoms with E-state index >= 15 is 0 Å². The van der Waals surface area contributed by atoms with Crippen molar-refractivity contribution in [3.8, 4) is 0 Å². The molecule has 0 amide bonds. The summed E-state index contributed by atoms with van der Waals surface area (Å²) >= 11 is 0. The molecule has 25 heavy (non-hydrogen) atoms. The first-order chi connectivity index (χ1) is 11.9. The third kappa shape index (κ3) is 2.22. The number of likely N-dealkylation sites (tertiary alicyclic amines) is 1. The molecule has 5 aliphatic rings. The van der Waals surface area contributed by atoms with Crippen LogP contribution in [-0.2, 0) is 14.3 Å². The van der Waals surface area contributed by atoms with Gasteiger partial charge in [0.25, 0.3) is 0 Å². The van der Waals surface area contributed by atoms with Crippen LogP contribution in [0.25, 0.3) is 0 Å². The van der Waals surface area contributed by atoms with E-state index < -0.39 is 0 Å². The van der Waals surface area contributed by atoms with Crippen LogP contribution in [0.15, 0.2) is 0 Å². The van der Waals surface area contributed by atoms with Gasteiger partial charge in [-0.25, -0.2) is 0 Å². The molecule has 5 fully saturated rings. The van der Waals surface area contributed by atoms with E-state index in [1.807, 2.05) is 0 Å². The number of rotatable bonds is 2. The lowest BCUT2D eigenvalue weighted by Crippen LogP contribution is -2.54. The number of esters is 1. The Labute approximate surface area is 151 Å². The Hall–Kier alpha value is -0.610. The average molecular weight is 347 g/mol. The van der Waals surface area contributed by atoms with Crippen molar-refractivity contribution in [3.05, 3.63) is 0 Å². The van der Waals surface area contributed by atoms with Crippen LogP contribution >= 0.6 is 0 Å². The standard InChI is InChI=1S/C21H33NO3/c1-13-6-9-22(10-7-13)12-15-17-16(24-19(15)23)11-20(3)8-4-5-14(2)21(20)18(17)25-21/h13-18H,4-12H2,1-3H3/t14-,15?,16+,17+,18?,20+,21?/m0/s1. The van der Waals surface area contributed by atoms with Crippen molar-refractivity contribution in [1.82, 2.24) is 4.90 Å². The Morgan fingerprint density at radius 3 is 2.72 bits per heavy atom. The lowest BCUT2D eigenvalue weighted by Gasteiger charge is -2.49. The number of fused-ring (bicyclic) bond motifs is 2. The van der Waals surface area contributed by atoms with Crippen molar-refractivity contribution in [2.45, 2.75) is 77.1 Å². The highest BCUT2D eigenvalue weighted by atomic mass is 16.6. The number of ether oxygens (including phenoxy) is 2. The number of piperidine rings is 1. The Kier molecular flexibility index (Phi) is 3.61. The Bertz CT molecular complexity index is 571. The second-order valence-electron chi connectivity index (χ2n) is 10.0. The van der Waals surface area contributed by atoms with Crippen LogP contribution in [0.2, 0.25) is 0 Å². The van der Waals surface area contributed by atoms with E-state index in [-0.39, 0.29) is 35.1 Å². The van der Waals surface area contributed by atoms with Gasteiger partial charge in [0.05, 0.1) is 12.0 Å². The van der Waals surface area contributed by atoms with Crippen molar-refractivity contribution in [1.29, 1.82) is 0 Å². The molecule has 1 spiro atoms. The summed E-state index contributed by atoms with van der Waals surface area (Å²) < 4.78 is 12.5. The lowest BCUT2D eigenvalue weighted by molar-refractivity contribution is -0.146. The first kappa shape index (κ1) is 16.6. The molecule has 3 heterocycles. The normalized spacial score (nSPS) is 52.9. The molecule has 2 aliphatic carbocycles. The zero-order chi connectivity index (χ0) is 17.4. The Morgan fingerprint density at radius 1 is 1.20 bits per heavy atom. The van der Waals surface area contributed by atoms with Gasteiger partial charge in [-0.1, -0.05) is 27.2 Å². The first-order valence-electron chi connectivity index (χ1n) is 10.6. The van der Waals surface area contributed by atoms with Crippen LogP contribution in [0.5, 0.6) is 0 Å². The lowest BCUT2D eigenvalue weighted by atomic mass is 9.53. The van der Waals surface area contributed by atoms with E-state index in [9.17, 15) is 4.79 Å². The van der Waals surface area contributed by atoms with Crippen molar-refractivity contribution in [2.24, 2.45) is 29.1 Å². The molecule has 3 saturated heterocycles. The van der Waals surface area contributed by atoms with Gasteiger partial charge in [0.1, 0.15) is 11.7 Å². The quantitative estimate of drug-likeness (QED) is 0.568. The summed E-state index contributed by atoms with van der Waals surface area (Å²) in [7, 11) is 0. The third-order valence-electron chi connectivity index (χ3n) is 8.53. The van der Waals surface area contributed by atoms with Gasteiger partial charge >= 0.3 is 5.97 Å². The van der Waals surface area contributed by atoms with Crippen molar-refractivity contribution < 1.29 is 14.3 Å². The Morgan fingerprint density at radius 2 is 1.96 bits per heavy atom. The van der Waals surface area contributed by atoms with Crippen LogP contribution < -0.4 is 0 Å². The second-order valence-corrected chi connectivity index (χ2v) is 10.0. The summed E-state index contributed by atoms with van der Waals surface area (Å²) in [5.74, 6) is 1.81. The SMILES string of the molecule is CC1CCN(CC2C(=O)O[C@@H]3C[C@@]4(C)CCC[C@H](C)C45OC5[C@H]23)CC1. The van der Waals surface area contributed by atoms with Crippen molar-refractivity contribution >= 4 is 5.97 Å². The zero-order valence-electron chi connectivity index (χ0n) is 16.0. The van der Waals surface area contributed by atoms with Gasteiger partial charge in [0.15, 0.2) is 0 Å². The summed E-state index contributed by atoms with van der Waals surface area (Å²) in [6.07, 6.45) is 7.66. The van der Waals surface area contributed by atoms with E-state index in [0.717, 1.165) is 32.0 Å². The Balaban J connectivity index is 1.37. The van der Waals surface area contributed by atoms with Gasteiger partial charge in [-0.05, 0) is 57.0 Å². The first-order valence-corrected chi connectivity index (χ1v) is 10.6. The van der Waals surface area contributed by atoms with Gasteiger partial charge in [-0.15, -0.1) is 0 Å². The second kappa shape index (κ2) is 5.45. The minimum atomic E-state index is 0.0291. The number of carbonyl (C=O) groups excluding carboxylic acids is 1. The molecule has 3 unspecified atom stereocenters. The molecular formula is C21H33NO3. The molecule has 0 bridgehead atoms. The minimum absolute atomic E-state index is 0.0291. The van der Waals surface area contributed by atoms with Gasteiger partial charge in [0, 0.05) is 17.9 Å². The molecule has 0 aromatic heterocycles. The summed E-state index contributed by atoms with van der Waals surface area (Å²) in [5.41, 5.74) is 0.237. The van der Waals surface area contributed by atoms with Crippen molar-refractivity contribution in [2.75, 3.05) is 19.6 Å². The maximum atomic E-state index is 12.7. The summed E-state index contributed by atoms with van der Waals surface area (Å²) in [5, 5.41) is 0. The third-order valence-corrected chi connectivity index (χ3v) is 8.53. The number of carbonyl (C=O) groups is 1.